The van der Waals surface area contributed by atoms with Gasteiger partial charge in [-0.15, -0.1) is 0 Å². The first-order chi connectivity index (χ1) is 7.06. The molecular formula is C12H25N3. The monoisotopic (exact) mass is 211 g/mol. The van der Waals surface area contributed by atoms with Crippen LogP contribution in [0.2, 0.25) is 0 Å². The van der Waals surface area contributed by atoms with E-state index in [1.165, 1.54) is 12.8 Å². The minimum atomic E-state index is 0.575. The van der Waals surface area contributed by atoms with Crippen molar-refractivity contribution in [3.8, 4) is 0 Å². The van der Waals surface area contributed by atoms with E-state index in [1.807, 2.05) is 0 Å². The lowest BCUT2D eigenvalue weighted by molar-refractivity contribution is 0.303. The zero-order valence-corrected chi connectivity index (χ0v) is 10.8. The molecule has 1 heterocycles. The topological polar surface area (TPSA) is 18.8 Å². The number of guanidine groups is 1. The summed E-state index contributed by atoms with van der Waals surface area (Å²) in [6, 6.07) is 0.575. The van der Waals surface area contributed by atoms with Gasteiger partial charge in [-0.25, -0.2) is 0 Å². The summed E-state index contributed by atoms with van der Waals surface area (Å²) < 4.78 is 0. The third-order valence-electron chi connectivity index (χ3n) is 3.25. The first kappa shape index (κ1) is 12.3. The van der Waals surface area contributed by atoms with Gasteiger partial charge >= 0.3 is 0 Å². The highest BCUT2D eigenvalue weighted by Gasteiger charge is 2.25. The van der Waals surface area contributed by atoms with Gasteiger partial charge in [-0.2, -0.15) is 0 Å². The number of aliphatic imine (C=N–C) groups is 1. The van der Waals surface area contributed by atoms with E-state index in [0.29, 0.717) is 6.04 Å². The summed E-state index contributed by atoms with van der Waals surface area (Å²) >= 11 is 0. The Balaban J connectivity index is 2.48. The Morgan fingerprint density at radius 3 is 2.73 bits per heavy atom. The highest BCUT2D eigenvalue weighted by atomic mass is 15.4. The highest BCUT2D eigenvalue weighted by Crippen LogP contribution is 2.15. The Labute approximate surface area is 94.2 Å². The predicted octanol–water partition coefficient (Wildman–Crippen LogP) is 2.04. The molecule has 0 bridgehead atoms. The van der Waals surface area contributed by atoms with Gasteiger partial charge in [-0.3, -0.25) is 4.99 Å². The van der Waals surface area contributed by atoms with Crippen LogP contribution in [-0.4, -0.2) is 49.0 Å². The van der Waals surface area contributed by atoms with Crippen molar-refractivity contribution in [3.63, 3.8) is 0 Å². The molecule has 0 saturated carbocycles. The first-order valence-corrected chi connectivity index (χ1v) is 6.04. The standard InChI is InChI=1S/C12H25N3/c1-6-10(2)7-8-15-11(3)9-13-12(15)14(4)5/h10-11H,6-9H2,1-5H3/t10?,11-/m0/s1. The molecule has 15 heavy (non-hydrogen) atoms. The Hall–Kier alpha value is -0.730. The van der Waals surface area contributed by atoms with Crippen molar-refractivity contribution in [1.29, 1.82) is 0 Å². The number of rotatable bonds is 4. The van der Waals surface area contributed by atoms with Crippen LogP contribution in [0, 0.1) is 5.92 Å². The molecule has 0 spiro atoms. The molecule has 0 N–H and O–H groups in total. The fourth-order valence-electron chi connectivity index (χ4n) is 1.88. The van der Waals surface area contributed by atoms with Crippen molar-refractivity contribution in [1.82, 2.24) is 9.80 Å². The van der Waals surface area contributed by atoms with Crippen molar-refractivity contribution >= 4 is 5.96 Å². The molecule has 3 heteroatoms. The average Bonchev–Trinajstić information content (AvgIpc) is 2.56. The summed E-state index contributed by atoms with van der Waals surface area (Å²) in [6.07, 6.45) is 2.55. The fraction of sp³-hybridized carbons (Fsp3) is 0.917. The molecule has 0 saturated heterocycles. The summed E-state index contributed by atoms with van der Waals surface area (Å²) in [5, 5.41) is 0. The number of hydrogen-bond donors (Lipinski definition) is 0. The van der Waals surface area contributed by atoms with Crippen molar-refractivity contribution in [2.75, 3.05) is 27.2 Å². The van der Waals surface area contributed by atoms with Gasteiger partial charge in [-0.05, 0) is 19.3 Å². The lowest BCUT2D eigenvalue weighted by Crippen LogP contribution is -2.42. The van der Waals surface area contributed by atoms with Crippen molar-refractivity contribution in [2.45, 2.75) is 39.7 Å². The van der Waals surface area contributed by atoms with Gasteiger partial charge in [0.1, 0.15) is 0 Å². The lowest BCUT2D eigenvalue weighted by atomic mass is 10.0. The molecule has 0 aliphatic carbocycles. The minimum absolute atomic E-state index is 0.575. The van der Waals surface area contributed by atoms with Crippen LogP contribution in [0.3, 0.4) is 0 Å². The zero-order valence-electron chi connectivity index (χ0n) is 10.8. The minimum Gasteiger partial charge on any atom is -0.349 e. The third-order valence-corrected chi connectivity index (χ3v) is 3.25. The summed E-state index contributed by atoms with van der Waals surface area (Å²) in [6.45, 7) is 8.95. The van der Waals surface area contributed by atoms with Gasteiger partial charge in [0.15, 0.2) is 5.96 Å². The van der Waals surface area contributed by atoms with E-state index in [2.05, 4.69) is 49.7 Å². The number of hydrogen-bond acceptors (Lipinski definition) is 3. The molecule has 3 nitrogen and oxygen atoms in total. The maximum absolute atomic E-state index is 4.57. The second-order valence-corrected chi connectivity index (χ2v) is 4.88. The van der Waals surface area contributed by atoms with Gasteiger partial charge in [0.05, 0.1) is 6.54 Å². The number of nitrogens with zero attached hydrogens (tertiary/aromatic N) is 3. The second-order valence-electron chi connectivity index (χ2n) is 4.88. The second kappa shape index (κ2) is 5.38. The average molecular weight is 211 g/mol. The Bertz CT molecular complexity index is 223. The molecule has 0 aromatic carbocycles. The molecule has 0 aromatic rings. The molecule has 1 rings (SSSR count). The molecule has 88 valence electrons. The van der Waals surface area contributed by atoms with Crippen LogP contribution < -0.4 is 0 Å². The molecule has 1 aliphatic heterocycles. The van der Waals surface area contributed by atoms with Crippen LogP contribution in [0.25, 0.3) is 0 Å². The highest BCUT2D eigenvalue weighted by molar-refractivity contribution is 5.81. The molecule has 0 radical (unpaired) electrons. The predicted molar refractivity (Wildman–Crippen MR) is 66.2 cm³/mol. The van der Waals surface area contributed by atoms with Crippen LogP contribution in [0.15, 0.2) is 4.99 Å². The molecule has 0 aromatic heterocycles. The molecule has 2 atom stereocenters. The van der Waals surface area contributed by atoms with Crippen LogP contribution in [0.5, 0.6) is 0 Å². The van der Waals surface area contributed by atoms with Crippen LogP contribution in [0.4, 0.5) is 0 Å². The van der Waals surface area contributed by atoms with E-state index in [0.717, 1.165) is 25.0 Å². The molecule has 1 aliphatic rings. The van der Waals surface area contributed by atoms with Crippen LogP contribution in [0.1, 0.15) is 33.6 Å². The van der Waals surface area contributed by atoms with Gasteiger partial charge in [-0.1, -0.05) is 20.3 Å². The molecule has 0 amide bonds. The van der Waals surface area contributed by atoms with Crippen molar-refractivity contribution in [3.05, 3.63) is 0 Å². The Morgan fingerprint density at radius 2 is 2.20 bits per heavy atom. The fourth-order valence-corrected chi connectivity index (χ4v) is 1.88. The largest absolute Gasteiger partial charge is 0.349 e. The van der Waals surface area contributed by atoms with Crippen molar-refractivity contribution in [2.24, 2.45) is 10.9 Å². The summed E-state index contributed by atoms with van der Waals surface area (Å²) in [7, 11) is 4.15. The van der Waals surface area contributed by atoms with Gasteiger partial charge in [0, 0.05) is 26.7 Å². The van der Waals surface area contributed by atoms with Gasteiger partial charge in [0.2, 0.25) is 0 Å². The van der Waals surface area contributed by atoms with E-state index in [9.17, 15) is 0 Å². The Morgan fingerprint density at radius 1 is 1.53 bits per heavy atom. The van der Waals surface area contributed by atoms with E-state index >= 15 is 0 Å². The summed E-state index contributed by atoms with van der Waals surface area (Å²) in [4.78, 5) is 9.13. The Kier molecular flexibility index (Phi) is 4.43. The van der Waals surface area contributed by atoms with Gasteiger partial charge < -0.3 is 9.80 Å². The SMILES string of the molecule is CCC(C)CCN1C(N(C)C)=NC[C@@H]1C. The van der Waals surface area contributed by atoms with Crippen LogP contribution >= 0.6 is 0 Å². The third kappa shape index (κ3) is 3.11. The summed E-state index contributed by atoms with van der Waals surface area (Å²) in [5.41, 5.74) is 0. The quantitative estimate of drug-likeness (QED) is 0.708. The van der Waals surface area contributed by atoms with Gasteiger partial charge in [0.25, 0.3) is 0 Å². The van der Waals surface area contributed by atoms with Crippen LogP contribution in [-0.2, 0) is 0 Å². The first-order valence-electron chi connectivity index (χ1n) is 6.04. The van der Waals surface area contributed by atoms with Crippen molar-refractivity contribution < 1.29 is 0 Å². The van der Waals surface area contributed by atoms with E-state index in [-0.39, 0.29) is 0 Å². The molecule has 1 unspecified atom stereocenters. The van der Waals surface area contributed by atoms with E-state index in [1.54, 1.807) is 0 Å². The lowest BCUT2D eigenvalue weighted by Gasteiger charge is -2.29. The maximum atomic E-state index is 4.57. The molecular weight excluding hydrogens is 186 g/mol. The zero-order chi connectivity index (χ0) is 11.4. The smallest absolute Gasteiger partial charge is 0.196 e. The molecule has 0 fully saturated rings. The normalized spacial score (nSPS) is 22.9. The van der Waals surface area contributed by atoms with E-state index in [4.69, 9.17) is 0 Å². The summed E-state index contributed by atoms with van der Waals surface area (Å²) in [5.74, 6) is 1.98. The van der Waals surface area contributed by atoms with E-state index < -0.39 is 0 Å². The maximum Gasteiger partial charge on any atom is 0.196 e.